The highest BCUT2D eigenvalue weighted by molar-refractivity contribution is 6.33. The van der Waals surface area contributed by atoms with Gasteiger partial charge in [0.1, 0.15) is 11.5 Å². The average molecular weight is 279 g/mol. The first-order chi connectivity index (χ1) is 9.01. The van der Waals surface area contributed by atoms with Crippen molar-refractivity contribution < 1.29 is 19.7 Å². The highest BCUT2D eigenvalue weighted by Gasteiger charge is 2.11. The number of hydrogen-bond acceptors (Lipinski definition) is 3. The molecule has 0 aliphatic carbocycles. The maximum atomic E-state index is 11.0. The van der Waals surface area contributed by atoms with Crippen molar-refractivity contribution in [2.45, 2.75) is 0 Å². The molecule has 0 unspecified atom stereocenters. The molecule has 2 N–H and O–H groups in total. The van der Waals surface area contributed by atoms with E-state index in [1.807, 2.05) is 0 Å². The van der Waals surface area contributed by atoms with E-state index in [2.05, 4.69) is 0 Å². The largest absolute Gasteiger partial charge is 0.508 e. The van der Waals surface area contributed by atoms with Crippen LogP contribution in [0.15, 0.2) is 36.4 Å². The number of ether oxygens (including phenoxy) is 1. The van der Waals surface area contributed by atoms with E-state index in [1.54, 1.807) is 18.2 Å². The standard InChI is InChI=1S/C14H11ClO4/c1-19-11-2-3-13(15)12(7-11)8-4-9(14(17)18)6-10(16)5-8/h2-7,16H,1H3,(H,17,18). The van der Waals surface area contributed by atoms with Gasteiger partial charge in [0.2, 0.25) is 0 Å². The lowest BCUT2D eigenvalue weighted by Gasteiger charge is -2.09. The summed E-state index contributed by atoms with van der Waals surface area (Å²) in [6.07, 6.45) is 0. The van der Waals surface area contributed by atoms with E-state index in [9.17, 15) is 9.90 Å². The summed E-state index contributed by atoms with van der Waals surface area (Å²) in [5.41, 5.74) is 1.11. The third kappa shape index (κ3) is 2.80. The van der Waals surface area contributed by atoms with Gasteiger partial charge in [-0.2, -0.15) is 0 Å². The van der Waals surface area contributed by atoms with E-state index >= 15 is 0 Å². The summed E-state index contributed by atoms with van der Waals surface area (Å²) in [6.45, 7) is 0. The molecule has 0 aromatic heterocycles. The van der Waals surface area contributed by atoms with Crippen molar-refractivity contribution >= 4 is 17.6 Å². The molecule has 0 spiro atoms. The molecule has 0 saturated heterocycles. The van der Waals surface area contributed by atoms with Crippen LogP contribution < -0.4 is 4.74 Å². The second-order valence-electron chi connectivity index (χ2n) is 3.92. The molecular weight excluding hydrogens is 268 g/mol. The Hall–Kier alpha value is -2.20. The molecular formula is C14H11ClO4. The van der Waals surface area contributed by atoms with E-state index in [4.69, 9.17) is 21.4 Å². The fourth-order valence-electron chi connectivity index (χ4n) is 1.74. The summed E-state index contributed by atoms with van der Waals surface area (Å²) >= 11 is 6.09. The highest BCUT2D eigenvalue weighted by Crippen LogP contribution is 2.33. The molecule has 2 aromatic carbocycles. The zero-order valence-corrected chi connectivity index (χ0v) is 10.8. The number of halogens is 1. The van der Waals surface area contributed by atoms with Crippen molar-refractivity contribution in [1.82, 2.24) is 0 Å². The molecule has 0 bridgehead atoms. The summed E-state index contributed by atoms with van der Waals surface area (Å²) in [7, 11) is 1.53. The van der Waals surface area contributed by atoms with Crippen LogP contribution in [0.2, 0.25) is 5.02 Å². The molecule has 2 rings (SSSR count). The third-order valence-electron chi connectivity index (χ3n) is 2.65. The van der Waals surface area contributed by atoms with Crippen LogP contribution in [-0.2, 0) is 0 Å². The minimum atomic E-state index is -1.11. The molecule has 0 heterocycles. The molecule has 0 fully saturated rings. The van der Waals surface area contributed by atoms with Crippen LogP contribution in [0.5, 0.6) is 11.5 Å². The quantitative estimate of drug-likeness (QED) is 0.903. The Morgan fingerprint density at radius 2 is 1.95 bits per heavy atom. The van der Waals surface area contributed by atoms with E-state index < -0.39 is 5.97 Å². The van der Waals surface area contributed by atoms with Crippen molar-refractivity contribution in [3.8, 4) is 22.6 Å². The van der Waals surface area contributed by atoms with Gasteiger partial charge in [-0.1, -0.05) is 11.6 Å². The summed E-state index contributed by atoms with van der Waals surface area (Å²) in [5.74, 6) is -0.649. The number of aromatic hydroxyl groups is 1. The number of phenolic OH excluding ortho intramolecular Hbond substituents is 1. The van der Waals surface area contributed by atoms with Crippen LogP contribution in [0.3, 0.4) is 0 Å². The number of carbonyl (C=O) groups is 1. The molecule has 0 amide bonds. The van der Waals surface area contributed by atoms with Gasteiger partial charge in [-0.3, -0.25) is 0 Å². The van der Waals surface area contributed by atoms with Crippen molar-refractivity contribution in [3.63, 3.8) is 0 Å². The van der Waals surface area contributed by atoms with Gasteiger partial charge >= 0.3 is 5.97 Å². The van der Waals surface area contributed by atoms with Gasteiger partial charge < -0.3 is 14.9 Å². The molecule has 0 aliphatic rings. The summed E-state index contributed by atoms with van der Waals surface area (Å²) in [5, 5.41) is 19.0. The monoisotopic (exact) mass is 278 g/mol. The van der Waals surface area contributed by atoms with E-state index in [0.717, 1.165) is 0 Å². The summed E-state index contributed by atoms with van der Waals surface area (Å²) in [6, 6.07) is 9.12. The van der Waals surface area contributed by atoms with Gasteiger partial charge in [0.05, 0.1) is 12.7 Å². The fourth-order valence-corrected chi connectivity index (χ4v) is 1.97. The average Bonchev–Trinajstić information content (AvgIpc) is 2.38. The smallest absolute Gasteiger partial charge is 0.335 e. The Morgan fingerprint density at radius 1 is 1.21 bits per heavy atom. The van der Waals surface area contributed by atoms with Crippen molar-refractivity contribution in [1.29, 1.82) is 0 Å². The fraction of sp³-hybridized carbons (Fsp3) is 0.0714. The number of aromatic carboxylic acids is 1. The third-order valence-corrected chi connectivity index (χ3v) is 2.98. The zero-order chi connectivity index (χ0) is 14.0. The van der Waals surface area contributed by atoms with E-state index in [-0.39, 0.29) is 11.3 Å². The van der Waals surface area contributed by atoms with Crippen LogP contribution in [-0.4, -0.2) is 23.3 Å². The Bertz CT molecular complexity index is 637. The number of carboxylic acid groups (broad SMARTS) is 1. The van der Waals surface area contributed by atoms with E-state index in [0.29, 0.717) is 21.9 Å². The van der Waals surface area contributed by atoms with Gasteiger partial charge in [0.25, 0.3) is 0 Å². The highest BCUT2D eigenvalue weighted by atomic mass is 35.5. The Morgan fingerprint density at radius 3 is 2.58 bits per heavy atom. The molecule has 0 atom stereocenters. The summed E-state index contributed by atoms with van der Waals surface area (Å²) in [4.78, 5) is 11.0. The van der Waals surface area contributed by atoms with Gasteiger partial charge in [-0.25, -0.2) is 4.79 Å². The molecule has 5 heteroatoms. The predicted molar refractivity (Wildman–Crippen MR) is 72.1 cm³/mol. The predicted octanol–water partition coefficient (Wildman–Crippen LogP) is 3.42. The summed E-state index contributed by atoms with van der Waals surface area (Å²) < 4.78 is 5.10. The van der Waals surface area contributed by atoms with Crippen LogP contribution in [0.25, 0.3) is 11.1 Å². The first-order valence-electron chi connectivity index (χ1n) is 5.42. The molecule has 98 valence electrons. The number of phenols is 1. The molecule has 0 aliphatic heterocycles. The zero-order valence-electron chi connectivity index (χ0n) is 10.1. The minimum Gasteiger partial charge on any atom is -0.508 e. The number of hydrogen-bond donors (Lipinski definition) is 2. The normalized spacial score (nSPS) is 10.2. The Labute approximate surface area is 114 Å². The molecule has 19 heavy (non-hydrogen) atoms. The lowest BCUT2D eigenvalue weighted by atomic mass is 10.0. The van der Waals surface area contributed by atoms with Crippen molar-refractivity contribution in [2.24, 2.45) is 0 Å². The SMILES string of the molecule is COc1ccc(Cl)c(-c2cc(O)cc(C(=O)O)c2)c1. The lowest BCUT2D eigenvalue weighted by molar-refractivity contribution is 0.0696. The maximum Gasteiger partial charge on any atom is 0.335 e. The number of methoxy groups -OCH3 is 1. The molecule has 2 aromatic rings. The van der Waals surface area contributed by atoms with Crippen LogP contribution >= 0.6 is 11.6 Å². The Balaban J connectivity index is 2.61. The van der Waals surface area contributed by atoms with Gasteiger partial charge in [-0.05, 0) is 42.0 Å². The molecule has 0 saturated carbocycles. The topological polar surface area (TPSA) is 66.8 Å². The van der Waals surface area contributed by atoms with Crippen LogP contribution in [0.4, 0.5) is 0 Å². The lowest BCUT2D eigenvalue weighted by Crippen LogP contribution is -1.96. The second kappa shape index (κ2) is 5.20. The number of rotatable bonds is 3. The maximum absolute atomic E-state index is 11.0. The van der Waals surface area contributed by atoms with Crippen molar-refractivity contribution in [2.75, 3.05) is 7.11 Å². The molecule has 4 nitrogen and oxygen atoms in total. The van der Waals surface area contributed by atoms with Gasteiger partial charge in [0, 0.05) is 10.6 Å². The second-order valence-corrected chi connectivity index (χ2v) is 4.33. The van der Waals surface area contributed by atoms with Crippen LogP contribution in [0.1, 0.15) is 10.4 Å². The first kappa shape index (κ1) is 13.2. The van der Waals surface area contributed by atoms with Crippen LogP contribution in [0, 0.1) is 0 Å². The first-order valence-corrected chi connectivity index (χ1v) is 5.80. The Kier molecular flexibility index (Phi) is 3.62. The number of carboxylic acids is 1. The minimum absolute atomic E-state index is 0.00566. The molecule has 0 radical (unpaired) electrons. The van der Waals surface area contributed by atoms with E-state index in [1.165, 1.54) is 25.3 Å². The number of benzene rings is 2. The van der Waals surface area contributed by atoms with Gasteiger partial charge in [-0.15, -0.1) is 0 Å². The van der Waals surface area contributed by atoms with Gasteiger partial charge in [0.15, 0.2) is 0 Å². The van der Waals surface area contributed by atoms with Crippen molar-refractivity contribution in [3.05, 3.63) is 47.0 Å².